The second kappa shape index (κ2) is 20.4. The van der Waals surface area contributed by atoms with Crippen LogP contribution in [0.5, 0.6) is 0 Å². The number of aliphatic hydroxyl groups excluding tert-OH is 1. The molecule has 242 valence electrons. The summed E-state index contributed by atoms with van der Waals surface area (Å²) in [5, 5.41) is 28.6. The number of nitrogens with zero attached hydrogens (tertiary/aromatic N) is 1. The molecule has 42 heavy (non-hydrogen) atoms. The van der Waals surface area contributed by atoms with Gasteiger partial charge < -0.3 is 54.4 Å². The number of carboxylic acid groups (broad SMARTS) is 1. The largest absolute Gasteiger partial charge is 0.480 e. The second-order valence-electron chi connectivity index (χ2n) is 10.9. The van der Waals surface area contributed by atoms with Crippen LogP contribution in [0.1, 0.15) is 66.2 Å². The van der Waals surface area contributed by atoms with Crippen molar-refractivity contribution in [1.82, 2.24) is 21.3 Å². The average molecular weight is 602 g/mol. The number of carbonyl (C=O) groups is 5. The molecule has 0 aromatic carbocycles. The summed E-state index contributed by atoms with van der Waals surface area (Å²) >= 11 is 0. The van der Waals surface area contributed by atoms with E-state index in [2.05, 4.69) is 26.3 Å². The summed E-state index contributed by atoms with van der Waals surface area (Å²) in [5.74, 6) is -4.41. The molecule has 0 aromatic heterocycles. The average Bonchev–Trinajstić information content (AvgIpc) is 2.90. The number of nitrogens with two attached hydrogens (primary N) is 4. The predicted molar refractivity (Wildman–Crippen MR) is 158 cm³/mol. The first kappa shape index (κ1) is 38.5. The number of unbranched alkanes of at least 4 members (excludes halogenated alkanes) is 1. The molecule has 5 atom stereocenters. The van der Waals surface area contributed by atoms with Gasteiger partial charge in [0.1, 0.15) is 24.2 Å². The van der Waals surface area contributed by atoms with Crippen molar-refractivity contribution in [3.05, 3.63) is 0 Å². The number of nitrogens with one attached hydrogen (secondary N) is 4. The zero-order valence-electron chi connectivity index (χ0n) is 25.1. The summed E-state index contributed by atoms with van der Waals surface area (Å²) in [6.45, 7) is 6.94. The van der Waals surface area contributed by atoms with Crippen molar-refractivity contribution >= 4 is 35.6 Å². The zero-order chi connectivity index (χ0) is 32.4. The van der Waals surface area contributed by atoms with Gasteiger partial charge in [0, 0.05) is 6.54 Å². The topological polar surface area (TPSA) is 290 Å². The standard InChI is InChI=1S/C26H51N9O7/c1-14(2)12-18(34-24(40)20(28)15(3)4)23(39)33-16(8-5-6-10-27)21(37)32-17(9-7-11-31-26(29)30)22(38)35-19(13-36)25(41)42/h14-20,36H,5-13,27-28H2,1-4H3,(H,32,37)(H,33,39)(H,34,40)(H,35,38)(H,41,42)(H4,29,30,31)/t16-,17-,18-,19-,20-/m0/s1. The molecule has 0 aromatic rings. The van der Waals surface area contributed by atoms with E-state index in [1.807, 2.05) is 13.8 Å². The lowest BCUT2D eigenvalue weighted by atomic mass is 9.99. The normalized spacial score (nSPS) is 14.7. The maximum atomic E-state index is 13.4. The number of aliphatic hydroxyl groups is 1. The molecule has 0 bridgehead atoms. The maximum Gasteiger partial charge on any atom is 0.328 e. The Balaban J connectivity index is 5.94. The Morgan fingerprint density at radius 1 is 0.738 bits per heavy atom. The Kier molecular flexibility index (Phi) is 18.7. The van der Waals surface area contributed by atoms with Crippen molar-refractivity contribution in [3.8, 4) is 0 Å². The van der Waals surface area contributed by atoms with Crippen molar-refractivity contribution in [1.29, 1.82) is 0 Å². The van der Waals surface area contributed by atoms with Gasteiger partial charge >= 0.3 is 5.97 Å². The van der Waals surface area contributed by atoms with Crippen LogP contribution < -0.4 is 44.2 Å². The lowest BCUT2D eigenvalue weighted by Crippen LogP contribution is -2.59. The van der Waals surface area contributed by atoms with Gasteiger partial charge in [-0.25, -0.2) is 4.79 Å². The summed E-state index contributed by atoms with van der Waals surface area (Å²) in [4.78, 5) is 67.4. The summed E-state index contributed by atoms with van der Waals surface area (Å²) in [7, 11) is 0. The molecule has 0 fully saturated rings. The van der Waals surface area contributed by atoms with Gasteiger partial charge in [0.2, 0.25) is 23.6 Å². The number of carboxylic acids is 1. The molecule has 0 heterocycles. The van der Waals surface area contributed by atoms with Gasteiger partial charge in [-0.2, -0.15) is 0 Å². The Labute approximate surface area is 247 Å². The fourth-order valence-corrected chi connectivity index (χ4v) is 3.81. The molecule has 16 heteroatoms. The zero-order valence-corrected chi connectivity index (χ0v) is 25.1. The smallest absolute Gasteiger partial charge is 0.328 e. The van der Waals surface area contributed by atoms with Crippen molar-refractivity contribution in [3.63, 3.8) is 0 Å². The fraction of sp³-hybridized carbons (Fsp3) is 0.769. The van der Waals surface area contributed by atoms with Crippen molar-refractivity contribution < 1.29 is 34.2 Å². The number of hydrogen-bond acceptors (Lipinski definition) is 9. The Morgan fingerprint density at radius 3 is 1.64 bits per heavy atom. The number of hydrogen-bond donors (Lipinski definition) is 10. The van der Waals surface area contributed by atoms with E-state index in [4.69, 9.17) is 22.9 Å². The van der Waals surface area contributed by atoms with E-state index >= 15 is 0 Å². The first-order chi connectivity index (χ1) is 19.6. The lowest BCUT2D eigenvalue weighted by Gasteiger charge is -2.27. The van der Waals surface area contributed by atoms with Crippen LogP contribution in [0.3, 0.4) is 0 Å². The molecule has 0 radical (unpaired) electrons. The summed E-state index contributed by atoms with van der Waals surface area (Å²) in [6, 6.07) is -5.72. The molecule has 16 nitrogen and oxygen atoms in total. The van der Waals surface area contributed by atoms with Crippen molar-refractivity contribution in [2.24, 2.45) is 39.8 Å². The summed E-state index contributed by atoms with van der Waals surface area (Å²) in [5.41, 5.74) is 22.2. The van der Waals surface area contributed by atoms with E-state index in [1.54, 1.807) is 13.8 Å². The van der Waals surface area contributed by atoms with Gasteiger partial charge in [0.15, 0.2) is 5.96 Å². The highest BCUT2D eigenvalue weighted by atomic mass is 16.4. The van der Waals surface area contributed by atoms with Crippen LogP contribution in [0.2, 0.25) is 0 Å². The lowest BCUT2D eigenvalue weighted by molar-refractivity contribution is -0.143. The Hall–Kier alpha value is -3.50. The fourth-order valence-electron chi connectivity index (χ4n) is 3.81. The van der Waals surface area contributed by atoms with Crippen LogP contribution >= 0.6 is 0 Å². The van der Waals surface area contributed by atoms with Gasteiger partial charge in [-0.3, -0.25) is 24.2 Å². The highest BCUT2D eigenvalue weighted by molar-refractivity contribution is 5.95. The monoisotopic (exact) mass is 601 g/mol. The van der Waals surface area contributed by atoms with E-state index < -0.39 is 66.4 Å². The predicted octanol–water partition coefficient (Wildman–Crippen LogP) is -2.79. The second-order valence-corrected chi connectivity index (χ2v) is 10.9. The van der Waals surface area contributed by atoms with Gasteiger partial charge in [-0.1, -0.05) is 27.7 Å². The molecule has 0 saturated carbocycles. The highest BCUT2D eigenvalue weighted by Crippen LogP contribution is 2.10. The van der Waals surface area contributed by atoms with E-state index in [0.29, 0.717) is 19.4 Å². The SMILES string of the molecule is CC(C)C[C@H](NC(=O)[C@@H](N)C(C)C)C(=O)N[C@@H](CCCCN)C(=O)N[C@@H](CCCN=C(N)N)C(=O)N[C@@H](CO)C(=O)O. The van der Waals surface area contributed by atoms with Crippen LogP contribution in [0.25, 0.3) is 0 Å². The molecule has 0 aliphatic carbocycles. The highest BCUT2D eigenvalue weighted by Gasteiger charge is 2.32. The quantitative estimate of drug-likeness (QED) is 0.0364. The molecular weight excluding hydrogens is 550 g/mol. The molecule has 0 spiro atoms. The minimum Gasteiger partial charge on any atom is -0.480 e. The molecule has 0 rings (SSSR count). The van der Waals surface area contributed by atoms with Gasteiger partial charge in [-0.15, -0.1) is 0 Å². The van der Waals surface area contributed by atoms with Crippen LogP contribution in [0, 0.1) is 11.8 Å². The molecule has 0 aliphatic heterocycles. The van der Waals surface area contributed by atoms with Gasteiger partial charge in [0.05, 0.1) is 12.6 Å². The van der Waals surface area contributed by atoms with Crippen LogP contribution in [-0.4, -0.2) is 95.7 Å². The van der Waals surface area contributed by atoms with Crippen LogP contribution in [-0.2, 0) is 24.0 Å². The number of guanidine groups is 1. The number of amides is 4. The van der Waals surface area contributed by atoms with E-state index in [0.717, 1.165) is 0 Å². The van der Waals surface area contributed by atoms with E-state index in [-0.39, 0.29) is 50.0 Å². The molecule has 14 N–H and O–H groups in total. The van der Waals surface area contributed by atoms with Crippen LogP contribution in [0.15, 0.2) is 4.99 Å². The molecule has 4 amide bonds. The molecule has 0 saturated heterocycles. The number of rotatable bonds is 21. The molecule has 0 unspecified atom stereocenters. The first-order valence-electron chi connectivity index (χ1n) is 14.2. The number of aliphatic carboxylic acids is 1. The Bertz CT molecular complexity index is 911. The van der Waals surface area contributed by atoms with E-state index in [1.165, 1.54) is 0 Å². The van der Waals surface area contributed by atoms with Crippen LogP contribution in [0.4, 0.5) is 0 Å². The third kappa shape index (κ3) is 15.5. The van der Waals surface area contributed by atoms with Crippen molar-refractivity contribution in [2.75, 3.05) is 19.7 Å². The van der Waals surface area contributed by atoms with E-state index in [9.17, 15) is 34.2 Å². The van der Waals surface area contributed by atoms with Gasteiger partial charge in [0.25, 0.3) is 0 Å². The molecule has 0 aliphatic rings. The minimum absolute atomic E-state index is 0.0211. The maximum absolute atomic E-state index is 13.4. The third-order valence-corrected chi connectivity index (χ3v) is 6.32. The Morgan fingerprint density at radius 2 is 1.21 bits per heavy atom. The number of carbonyl (C=O) groups excluding carboxylic acids is 4. The molecular formula is C26H51N9O7. The first-order valence-corrected chi connectivity index (χ1v) is 14.2. The summed E-state index contributed by atoms with van der Waals surface area (Å²) in [6.07, 6.45) is 1.77. The van der Waals surface area contributed by atoms with Crippen molar-refractivity contribution in [2.45, 2.75) is 96.4 Å². The number of aliphatic imine (C=N–C) groups is 1. The minimum atomic E-state index is -1.59. The third-order valence-electron chi connectivity index (χ3n) is 6.32. The summed E-state index contributed by atoms with van der Waals surface area (Å²) < 4.78 is 0. The van der Waals surface area contributed by atoms with Gasteiger partial charge in [-0.05, 0) is 56.9 Å².